The summed E-state index contributed by atoms with van der Waals surface area (Å²) in [5.41, 5.74) is 0.840. The van der Waals surface area contributed by atoms with Gasteiger partial charge in [0.15, 0.2) is 0 Å². The molecule has 0 saturated carbocycles. The number of halogens is 3. The van der Waals surface area contributed by atoms with Crippen LogP contribution in [0.4, 0.5) is 13.2 Å². The average molecular weight is 446 g/mol. The van der Waals surface area contributed by atoms with Crippen LogP contribution in [-0.2, 0) is 10.0 Å². The van der Waals surface area contributed by atoms with Gasteiger partial charge >= 0.3 is 6.36 Å². The Hall–Kier alpha value is -2.60. The molecule has 1 fully saturated rings. The maximum Gasteiger partial charge on any atom is 0.573 e. The van der Waals surface area contributed by atoms with E-state index >= 15 is 0 Å². The van der Waals surface area contributed by atoms with Gasteiger partial charge in [-0.05, 0) is 38.5 Å². The fourth-order valence-corrected chi connectivity index (χ4v) is 5.20. The van der Waals surface area contributed by atoms with Gasteiger partial charge in [-0.3, -0.25) is 9.89 Å². The zero-order chi connectivity index (χ0) is 22.1. The lowest BCUT2D eigenvalue weighted by molar-refractivity contribution is -0.274. The number of ether oxygens (including phenoxy) is 1. The average Bonchev–Trinajstić information content (AvgIpc) is 2.85. The van der Waals surface area contributed by atoms with Crippen LogP contribution in [0.2, 0.25) is 0 Å². The minimum absolute atomic E-state index is 0.0366. The molecule has 0 atom stereocenters. The van der Waals surface area contributed by atoms with Crippen molar-refractivity contribution in [2.75, 3.05) is 26.2 Å². The number of sulfonamides is 1. The van der Waals surface area contributed by atoms with E-state index in [1.807, 2.05) is 0 Å². The van der Waals surface area contributed by atoms with Crippen LogP contribution in [0, 0.1) is 13.8 Å². The van der Waals surface area contributed by atoms with E-state index in [-0.39, 0.29) is 36.6 Å². The first-order valence-corrected chi connectivity index (χ1v) is 10.6. The summed E-state index contributed by atoms with van der Waals surface area (Å²) in [6.07, 6.45) is -4.47. The highest BCUT2D eigenvalue weighted by atomic mass is 32.2. The third kappa shape index (κ3) is 4.75. The number of hydrogen-bond acceptors (Lipinski definition) is 5. The van der Waals surface area contributed by atoms with Gasteiger partial charge in [0.2, 0.25) is 10.0 Å². The molecule has 2 aromatic rings. The van der Waals surface area contributed by atoms with E-state index in [9.17, 15) is 26.4 Å². The van der Waals surface area contributed by atoms with E-state index in [1.54, 1.807) is 13.8 Å². The Kier molecular flexibility index (Phi) is 6.09. The summed E-state index contributed by atoms with van der Waals surface area (Å²) in [6, 6.07) is 4.82. The highest BCUT2D eigenvalue weighted by Crippen LogP contribution is 2.25. The minimum atomic E-state index is -4.86. The van der Waals surface area contributed by atoms with Crippen LogP contribution in [0.15, 0.2) is 29.2 Å². The molecule has 1 aromatic heterocycles. The lowest BCUT2D eigenvalue weighted by Gasteiger charge is -2.22. The number of benzene rings is 1. The Labute approximate surface area is 171 Å². The van der Waals surface area contributed by atoms with Crippen LogP contribution in [-0.4, -0.2) is 66.3 Å². The van der Waals surface area contributed by atoms with Gasteiger partial charge in [0.1, 0.15) is 10.6 Å². The largest absolute Gasteiger partial charge is 0.573 e. The molecule has 1 amide bonds. The lowest BCUT2D eigenvalue weighted by atomic mass is 10.2. The second-order valence-corrected chi connectivity index (χ2v) is 8.76. The first kappa shape index (κ1) is 22.1. The molecule has 1 N–H and O–H groups in total. The van der Waals surface area contributed by atoms with E-state index in [0.29, 0.717) is 17.8 Å². The number of H-pyrrole nitrogens is 1. The number of nitrogens with zero attached hydrogens (tertiary/aromatic N) is 3. The standard InChI is InChI=1S/C18H21F3N4O4S/c1-12-16(13(2)23-22-12)30(27,28)25-8-4-7-24(9-10-25)17(26)14-5-3-6-15(11-14)29-18(19,20)21/h3,5-6,11H,4,7-10H2,1-2H3,(H,22,23). The summed E-state index contributed by atoms with van der Waals surface area (Å²) in [5.74, 6) is -0.976. The molecule has 1 aromatic carbocycles. The van der Waals surface area contributed by atoms with Crippen LogP contribution in [0.3, 0.4) is 0 Å². The molecule has 1 saturated heterocycles. The van der Waals surface area contributed by atoms with E-state index < -0.39 is 28.0 Å². The van der Waals surface area contributed by atoms with Crippen molar-refractivity contribution in [3.63, 3.8) is 0 Å². The molecular weight excluding hydrogens is 425 g/mol. The Morgan fingerprint density at radius 3 is 2.53 bits per heavy atom. The smallest absolute Gasteiger partial charge is 0.406 e. The van der Waals surface area contributed by atoms with Crippen LogP contribution < -0.4 is 4.74 Å². The van der Waals surface area contributed by atoms with Gasteiger partial charge in [0.05, 0.1) is 11.4 Å². The summed E-state index contributed by atoms with van der Waals surface area (Å²) < 4.78 is 68.4. The van der Waals surface area contributed by atoms with Crippen molar-refractivity contribution >= 4 is 15.9 Å². The molecule has 1 aliphatic heterocycles. The minimum Gasteiger partial charge on any atom is -0.406 e. The normalized spacial score (nSPS) is 16.4. The van der Waals surface area contributed by atoms with Crippen molar-refractivity contribution in [2.24, 2.45) is 0 Å². The van der Waals surface area contributed by atoms with Crippen molar-refractivity contribution in [3.8, 4) is 5.75 Å². The molecule has 0 radical (unpaired) electrons. The fourth-order valence-electron chi connectivity index (χ4n) is 3.40. The van der Waals surface area contributed by atoms with Crippen molar-refractivity contribution in [1.82, 2.24) is 19.4 Å². The third-order valence-electron chi connectivity index (χ3n) is 4.72. The summed E-state index contributed by atoms with van der Waals surface area (Å²) in [7, 11) is -3.79. The Balaban J connectivity index is 1.74. The van der Waals surface area contributed by atoms with Crippen molar-refractivity contribution in [1.29, 1.82) is 0 Å². The predicted octanol–water partition coefficient (Wildman–Crippen LogP) is 2.46. The van der Waals surface area contributed by atoms with Crippen LogP contribution >= 0.6 is 0 Å². The monoisotopic (exact) mass is 446 g/mol. The number of hydrogen-bond donors (Lipinski definition) is 1. The highest BCUT2D eigenvalue weighted by Gasteiger charge is 2.33. The first-order chi connectivity index (χ1) is 14.0. The van der Waals surface area contributed by atoms with E-state index in [0.717, 1.165) is 12.1 Å². The van der Waals surface area contributed by atoms with E-state index in [1.165, 1.54) is 21.3 Å². The molecule has 30 heavy (non-hydrogen) atoms. The molecule has 8 nitrogen and oxygen atoms in total. The topological polar surface area (TPSA) is 95.6 Å². The van der Waals surface area contributed by atoms with Gasteiger partial charge in [0.25, 0.3) is 5.91 Å². The maximum atomic E-state index is 13.0. The summed E-state index contributed by atoms with van der Waals surface area (Å²) in [4.78, 5) is 14.3. The number of aryl methyl sites for hydroxylation is 2. The zero-order valence-corrected chi connectivity index (χ0v) is 17.2. The van der Waals surface area contributed by atoms with Crippen LogP contribution in [0.5, 0.6) is 5.75 Å². The number of rotatable bonds is 4. The molecule has 0 unspecified atom stereocenters. The molecule has 12 heteroatoms. The third-order valence-corrected chi connectivity index (χ3v) is 6.88. The SMILES string of the molecule is Cc1n[nH]c(C)c1S(=O)(=O)N1CCCN(C(=O)c2cccc(OC(F)(F)F)c2)CC1. The molecule has 2 heterocycles. The summed E-state index contributed by atoms with van der Waals surface area (Å²) in [6.45, 7) is 3.89. The number of carbonyl (C=O) groups excluding carboxylic acids is 1. The molecule has 0 aliphatic carbocycles. The second kappa shape index (κ2) is 8.26. The van der Waals surface area contributed by atoms with Gasteiger partial charge < -0.3 is 9.64 Å². The molecular formula is C18H21F3N4O4S. The Morgan fingerprint density at radius 1 is 1.17 bits per heavy atom. The van der Waals surface area contributed by atoms with Crippen molar-refractivity contribution in [3.05, 3.63) is 41.2 Å². The Bertz CT molecular complexity index is 1020. The van der Waals surface area contributed by atoms with Crippen molar-refractivity contribution < 1.29 is 31.1 Å². The predicted molar refractivity (Wildman–Crippen MR) is 100 cm³/mol. The number of aromatic amines is 1. The molecule has 0 spiro atoms. The molecule has 164 valence electrons. The van der Waals surface area contributed by atoms with Gasteiger partial charge in [-0.25, -0.2) is 8.42 Å². The van der Waals surface area contributed by atoms with Gasteiger partial charge in [-0.2, -0.15) is 9.40 Å². The molecule has 0 bridgehead atoms. The quantitative estimate of drug-likeness (QED) is 0.779. The maximum absolute atomic E-state index is 13.0. The van der Waals surface area contributed by atoms with E-state index in [4.69, 9.17) is 0 Å². The number of nitrogens with one attached hydrogen (secondary N) is 1. The van der Waals surface area contributed by atoms with Gasteiger partial charge in [-0.1, -0.05) is 6.07 Å². The number of alkyl halides is 3. The number of carbonyl (C=O) groups is 1. The molecule has 3 rings (SSSR count). The number of aromatic nitrogens is 2. The van der Waals surface area contributed by atoms with Crippen LogP contribution in [0.25, 0.3) is 0 Å². The van der Waals surface area contributed by atoms with Gasteiger partial charge in [-0.15, -0.1) is 13.2 Å². The highest BCUT2D eigenvalue weighted by molar-refractivity contribution is 7.89. The van der Waals surface area contributed by atoms with Gasteiger partial charge in [0, 0.05) is 31.7 Å². The van der Waals surface area contributed by atoms with Crippen molar-refractivity contribution in [2.45, 2.75) is 31.5 Å². The number of amides is 1. The summed E-state index contributed by atoms with van der Waals surface area (Å²) in [5, 5.41) is 6.59. The fraction of sp³-hybridized carbons (Fsp3) is 0.444. The second-order valence-electron chi connectivity index (χ2n) is 6.89. The lowest BCUT2D eigenvalue weighted by Crippen LogP contribution is -2.37. The first-order valence-electron chi connectivity index (χ1n) is 9.16. The summed E-state index contributed by atoms with van der Waals surface area (Å²) >= 11 is 0. The Morgan fingerprint density at radius 2 is 1.90 bits per heavy atom. The van der Waals surface area contributed by atoms with Crippen LogP contribution in [0.1, 0.15) is 28.2 Å². The zero-order valence-electron chi connectivity index (χ0n) is 16.4. The van der Waals surface area contributed by atoms with E-state index in [2.05, 4.69) is 14.9 Å². The molecule has 1 aliphatic rings.